The van der Waals surface area contributed by atoms with Gasteiger partial charge in [-0.1, -0.05) is 23.7 Å². The Morgan fingerprint density at radius 3 is 3.00 bits per heavy atom. The molecule has 5 nitrogen and oxygen atoms in total. The Hall–Kier alpha value is -1.37. The summed E-state index contributed by atoms with van der Waals surface area (Å²) in [5, 5.41) is 7.20. The number of rotatable bonds is 10. The van der Waals surface area contributed by atoms with Crippen LogP contribution in [0.4, 0.5) is 0 Å². The van der Waals surface area contributed by atoms with Crippen molar-refractivity contribution in [3.8, 4) is 0 Å². The fraction of sp³-hybridized carbons (Fsp3) is 0.357. The van der Waals surface area contributed by atoms with Crippen molar-refractivity contribution < 1.29 is 0 Å². The molecule has 1 N–H and O–H groups in total. The first-order valence-electron chi connectivity index (χ1n) is 6.43. The number of hydrogen-bond donors (Lipinski definition) is 1. The molecule has 0 radical (unpaired) electrons. The predicted octanol–water partition coefficient (Wildman–Crippen LogP) is 3.24. The summed E-state index contributed by atoms with van der Waals surface area (Å²) in [5.41, 5.74) is 1.09. The molecule has 1 aromatic rings. The summed E-state index contributed by atoms with van der Waals surface area (Å²) in [6, 6.07) is 3.74. The van der Waals surface area contributed by atoms with Crippen LogP contribution in [0.15, 0.2) is 47.4 Å². The van der Waals surface area contributed by atoms with E-state index in [4.69, 9.17) is 11.6 Å². The molecule has 0 fully saturated rings. The van der Waals surface area contributed by atoms with Crippen LogP contribution in [0.2, 0.25) is 5.15 Å². The van der Waals surface area contributed by atoms with E-state index < -0.39 is 0 Å². The molecule has 21 heavy (non-hydrogen) atoms. The summed E-state index contributed by atoms with van der Waals surface area (Å²) in [5.74, 6) is 0. The Kier molecular flexibility index (Phi) is 8.73. The minimum Gasteiger partial charge on any atom is -0.377 e. The highest BCUT2D eigenvalue weighted by molar-refractivity contribution is 8.02. The van der Waals surface area contributed by atoms with E-state index >= 15 is 0 Å². The van der Waals surface area contributed by atoms with Gasteiger partial charge in [0.15, 0.2) is 0 Å². The van der Waals surface area contributed by atoms with Crippen molar-refractivity contribution in [2.75, 3.05) is 25.9 Å². The topological polar surface area (TPSA) is 57.6 Å². The largest absolute Gasteiger partial charge is 0.377 e. The first-order valence-corrected chi connectivity index (χ1v) is 8.04. The Bertz CT molecular complexity index is 478. The summed E-state index contributed by atoms with van der Waals surface area (Å²) in [4.78, 5) is 16.5. The second kappa shape index (κ2) is 10.4. The molecule has 0 aliphatic carbocycles. The molecule has 7 heteroatoms. The molecule has 0 aromatic carbocycles. The van der Waals surface area contributed by atoms with Crippen LogP contribution in [-0.2, 0) is 6.54 Å². The molecule has 0 bridgehead atoms. The highest BCUT2D eigenvalue weighted by Gasteiger charge is 2.05. The van der Waals surface area contributed by atoms with E-state index in [1.807, 2.05) is 18.4 Å². The van der Waals surface area contributed by atoms with Crippen LogP contribution in [0.3, 0.4) is 0 Å². The number of nitrogens with zero attached hydrogens (tertiary/aromatic N) is 3. The number of nitroso groups, excluding NO2 is 1. The van der Waals surface area contributed by atoms with Gasteiger partial charge in [-0.15, -0.1) is 23.2 Å². The van der Waals surface area contributed by atoms with Gasteiger partial charge in [-0.25, -0.2) is 4.98 Å². The molecule has 1 rings (SSSR count). The van der Waals surface area contributed by atoms with Gasteiger partial charge in [0.05, 0.1) is 5.03 Å². The summed E-state index contributed by atoms with van der Waals surface area (Å²) >= 11 is 7.24. The standard InChI is InChI=1S/C14H19ClN4OS/c1-3-7-19(8-6-16-14(21-2)10-18-20)11-12-4-5-13(15)17-9-12/h3-5,9-10,16H,1,6-8,11H2,2H3/b14-10-. The van der Waals surface area contributed by atoms with E-state index in [1.54, 1.807) is 12.3 Å². The van der Waals surface area contributed by atoms with Gasteiger partial charge in [-0.2, -0.15) is 0 Å². The van der Waals surface area contributed by atoms with Crippen LogP contribution >= 0.6 is 23.4 Å². The zero-order valence-electron chi connectivity index (χ0n) is 12.0. The quantitative estimate of drug-likeness (QED) is 0.406. The van der Waals surface area contributed by atoms with Crippen LogP contribution < -0.4 is 5.32 Å². The lowest BCUT2D eigenvalue weighted by Crippen LogP contribution is -2.31. The third-order valence-corrected chi connectivity index (χ3v) is 3.61. The lowest BCUT2D eigenvalue weighted by atomic mass is 10.2. The minimum absolute atomic E-state index is 0.492. The predicted molar refractivity (Wildman–Crippen MR) is 90.1 cm³/mol. The minimum atomic E-state index is 0.492. The first kappa shape index (κ1) is 17.7. The second-order valence-electron chi connectivity index (χ2n) is 4.24. The van der Waals surface area contributed by atoms with Gasteiger partial charge in [0, 0.05) is 32.4 Å². The molecule has 0 aliphatic rings. The number of thioether (sulfide) groups is 1. The van der Waals surface area contributed by atoms with Gasteiger partial charge in [-0.05, 0) is 23.1 Å². The molecule has 0 saturated carbocycles. The van der Waals surface area contributed by atoms with Gasteiger partial charge in [0.2, 0.25) is 0 Å². The normalized spacial score (nSPS) is 11.5. The van der Waals surface area contributed by atoms with Crippen molar-refractivity contribution in [3.63, 3.8) is 0 Å². The number of nitrogens with one attached hydrogen (secondary N) is 1. The van der Waals surface area contributed by atoms with E-state index in [2.05, 4.69) is 27.0 Å². The van der Waals surface area contributed by atoms with E-state index in [9.17, 15) is 4.91 Å². The Morgan fingerprint density at radius 1 is 1.62 bits per heavy atom. The van der Waals surface area contributed by atoms with Crippen LogP contribution in [0.5, 0.6) is 0 Å². The van der Waals surface area contributed by atoms with Crippen molar-refractivity contribution in [1.82, 2.24) is 15.2 Å². The average Bonchev–Trinajstić information content (AvgIpc) is 2.48. The number of pyridine rings is 1. The maximum absolute atomic E-state index is 10.2. The van der Waals surface area contributed by atoms with Gasteiger partial charge >= 0.3 is 0 Å². The lowest BCUT2D eigenvalue weighted by molar-refractivity contribution is 0.297. The molecule has 1 heterocycles. The number of hydrogen-bond acceptors (Lipinski definition) is 6. The Morgan fingerprint density at radius 2 is 2.43 bits per heavy atom. The van der Waals surface area contributed by atoms with Crippen LogP contribution in [0.25, 0.3) is 0 Å². The highest BCUT2D eigenvalue weighted by Crippen LogP contribution is 2.09. The number of aromatic nitrogens is 1. The summed E-state index contributed by atoms with van der Waals surface area (Å²) in [6.45, 7) is 6.84. The highest BCUT2D eigenvalue weighted by atomic mass is 35.5. The van der Waals surface area contributed by atoms with E-state index in [0.717, 1.165) is 36.8 Å². The van der Waals surface area contributed by atoms with Crippen molar-refractivity contribution in [2.24, 2.45) is 5.18 Å². The third-order valence-electron chi connectivity index (χ3n) is 2.70. The van der Waals surface area contributed by atoms with Crippen molar-refractivity contribution in [2.45, 2.75) is 6.54 Å². The molecule has 1 aromatic heterocycles. The molecule has 0 atom stereocenters. The molecular weight excluding hydrogens is 308 g/mol. The average molecular weight is 327 g/mol. The molecule has 0 spiro atoms. The molecule has 114 valence electrons. The van der Waals surface area contributed by atoms with Crippen molar-refractivity contribution in [1.29, 1.82) is 0 Å². The zero-order chi connectivity index (χ0) is 15.5. The smallest absolute Gasteiger partial charge is 0.129 e. The summed E-state index contributed by atoms with van der Waals surface area (Å²) in [7, 11) is 0. The van der Waals surface area contributed by atoms with E-state index in [0.29, 0.717) is 5.15 Å². The monoisotopic (exact) mass is 326 g/mol. The lowest BCUT2D eigenvalue weighted by Gasteiger charge is -2.21. The van der Waals surface area contributed by atoms with Gasteiger partial charge in [0.1, 0.15) is 11.4 Å². The van der Waals surface area contributed by atoms with Crippen molar-refractivity contribution in [3.05, 3.63) is 57.8 Å². The summed E-state index contributed by atoms with van der Waals surface area (Å²) in [6.07, 6.45) is 6.81. The third kappa shape index (κ3) is 7.27. The molecule has 0 unspecified atom stereocenters. The first-order chi connectivity index (χ1) is 10.2. The van der Waals surface area contributed by atoms with Crippen LogP contribution in [0.1, 0.15) is 5.56 Å². The van der Waals surface area contributed by atoms with Crippen molar-refractivity contribution >= 4 is 23.4 Å². The van der Waals surface area contributed by atoms with E-state index in [-0.39, 0.29) is 0 Å². The molecule has 0 saturated heterocycles. The summed E-state index contributed by atoms with van der Waals surface area (Å²) < 4.78 is 0. The number of halogens is 1. The van der Waals surface area contributed by atoms with Crippen LogP contribution in [0, 0.1) is 4.91 Å². The fourth-order valence-electron chi connectivity index (χ4n) is 1.73. The van der Waals surface area contributed by atoms with E-state index in [1.165, 1.54) is 18.0 Å². The zero-order valence-corrected chi connectivity index (χ0v) is 13.5. The van der Waals surface area contributed by atoms with Crippen LogP contribution in [-0.4, -0.2) is 35.8 Å². The fourth-order valence-corrected chi connectivity index (χ4v) is 2.24. The Labute approximate surface area is 134 Å². The van der Waals surface area contributed by atoms with Gasteiger partial charge < -0.3 is 5.32 Å². The molecule has 0 amide bonds. The SMILES string of the molecule is C=CCN(CCN/C(=C/N=O)SC)Cc1ccc(Cl)nc1. The maximum atomic E-state index is 10.2. The maximum Gasteiger partial charge on any atom is 0.129 e. The Balaban J connectivity index is 2.49. The van der Waals surface area contributed by atoms with Gasteiger partial charge in [0.25, 0.3) is 0 Å². The second-order valence-corrected chi connectivity index (χ2v) is 5.48. The molecule has 0 aliphatic heterocycles. The van der Waals surface area contributed by atoms with Gasteiger partial charge in [-0.3, -0.25) is 4.90 Å². The molecular formula is C14H19ClN4OS.